The Morgan fingerprint density at radius 2 is 1.69 bits per heavy atom. The first kappa shape index (κ1) is 26.4. The second kappa shape index (κ2) is 11.7. The number of anilines is 1. The van der Waals surface area contributed by atoms with Gasteiger partial charge in [-0.25, -0.2) is 18.4 Å². The van der Waals surface area contributed by atoms with Crippen LogP contribution >= 0.6 is 22.9 Å². The molecule has 5 aromatic rings. The standard InChI is InChI=1S/C29H22ClN3O4S2/c1-36-28-17-25(14-15-26(28)30)39(34,35)33-22-12-10-21(11-13-22)27-19-38-29(32-27)31-18-20-6-5-9-24(16-20)37-23-7-3-2-4-8-23/h2-19,33H,1H3/b31-18-. The van der Waals surface area contributed by atoms with Gasteiger partial charge in [0.1, 0.15) is 17.2 Å². The molecule has 0 bridgehead atoms. The van der Waals surface area contributed by atoms with E-state index in [0.29, 0.717) is 15.8 Å². The number of hydrogen-bond donors (Lipinski definition) is 1. The van der Waals surface area contributed by atoms with Crippen molar-refractivity contribution in [3.05, 3.63) is 113 Å². The molecule has 1 N–H and O–H groups in total. The molecule has 0 spiro atoms. The lowest BCUT2D eigenvalue weighted by Gasteiger charge is -2.10. The average Bonchev–Trinajstić information content (AvgIpc) is 3.42. The number of hydrogen-bond acceptors (Lipinski definition) is 7. The Hall–Kier alpha value is -4.18. The highest BCUT2D eigenvalue weighted by molar-refractivity contribution is 7.92. The zero-order valence-electron chi connectivity index (χ0n) is 20.6. The fourth-order valence-electron chi connectivity index (χ4n) is 3.60. The number of rotatable bonds is 9. The third kappa shape index (κ3) is 6.64. The second-order valence-corrected chi connectivity index (χ2v) is 11.2. The van der Waals surface area contributed by atoms with Crippen molar-refractivity contribution < 1.29 is 17.9 Å². The summed E-state index contributed by atoms with van der Waals surface area (Å²) in [7, 11) is -2.39. The highest BCUT2D eigenvalue weighted by Crippen LogP contribution is 2.30. The molecule has 0 aliphatic rings. The Bertz CT molecular complexity index is 1720. The van der Waals surface area contributed by atoms with Crippen LogP contribution < -0.4 is 14.2 Å². The number of sulfonamides is 1. The molecular formula is C29H22ClN3O4S2. The van der Waals surface area contributed by atoms with Crippen molar-refractivity contribution in [2.45, 2.75) is 4.90 Å². The topological polar surface area (TPSA) is 89.9 Å². The van der Waals surface area contributed by atoms with E-state index in [0.717, 1.165) is 28.3 Å². The van der Waals surface area contributed by atoms with E-state index in [1.54, 1.807) is 30.5 Å². The molecule has 1 aromatic heterocycles. The van der Waals surface area contributed by atoms with Crippen LogP contribution in [0.2, 0.25) is 5.02 Å². The summed E-state index contributed by atoms with van der Waals surface area (Å²) >= 11 is 7.42. The van der Waals surface area contributed by atoms with E-state index in [4.69, 9.17) is 21.1 Å². The summed E-state index contributed by atoms with van der Waals surface area (Å²) in [6, 6.07) is 28.5. The number of benzene rings is 4. The molecule has 0 unspecified atom stereocenters. The molecule has 0 saturated heterocycles. The van der Waals surface area contributed by atoms with E-state index < -0.39 is 10.0 Å². The van der Waals surface area contributed by atoms with E-state index in [2.05, 4.69) is 14.7 Å². The molecule has 0 fully saturated rings. The minimum absolute atomic E-state index is 0.0481. The number of nitrogens with one attached hydrogen (secondary N) is 1. The molecule has 0 aliphatic heterocycles. The summed E-state index contributed by atoms with van der Waals surface area (Å²) in [6.45, 7) is 0. The first-order valence-corrected chi connectivity index (χ1v) is 14.4. The number of nitrogens with zero attached hydrogens (tertiary/aromatic N) is 2. The molecule has 0 saturated carbocycles. The molecule has 39 heavy (non-hydrogen) atoms. The predicted molar refractivity (Wildman–Crippen MR) is 157 cm³/mol. The number of ether oxygens (including phenoxy) is 2. The number of para-hydroxylation sites is 1. The van der Waals surface area contributed by atoms with Gasteiger partial charge in [-0.2, -0.15) is 0 Å². The normalized spacial score (nSPS) is 11.4. The Labute approximate surface area is 235 Å². The van der Waals surface area contributed by atoms with Crippen LogP contribution in [0.4, 0.5) is 10.8 Å². The van der Waals surface area contributed by atoms with Gasteiger partial charge < -0.3 is 9.47 Å². The monoisotopic (exact) mass is 575 g/mol. The van der Waals surface area contributed by atoms with Gasteiger partial charge in [0, 0.05) is 28.9 Å². The molecule has 0 radical (unpaired) electrons. The van der Waals surface area contributed by atoms with Crippen molar-refractivity contribution in [2.75, 3.05) is 11.8 Å². The fourth-order valence-corrected chi connectivity index (χ4v) is 5.54. The Morgan fingerprint density at radius 3 is 2.46 bits per heavy atom. The van der Waals surface area contributed by atoms with Crippen molar-refractivity contribution in [3.63, 3.8) is 0 Å². The smallest absolute Gasteiger partial charge is 0.262 e. The summed E-state index contributed by atoms with van der Waals surface area (Å²) in [5.41, 5.74) is 2.88. The molecular weight excluding hydrogens is 554 g/mol. The Morgan fingerprint density at radius 1 is 0.923 bits per heavy atom. The van der Waals surface area contributed by atoms with Crippen LogP contribution in [-0.2, 0) is 10.0 Å². The summed E-state index contributed by atoms with van der Waals surface area (Å²) in [4.78, 5) is 9.14. The lowest BCUT2D eigenvalue weighted by Crippen LogP contribution is -2.13. The molecule has 196 valence electrons. The van der Waals surface area contributed by atoms with Crippen molar-refractivity contribution in [3.8, 4) is 28.5 Å². The van der Waals surface area contributed by atoms with Crippen LogP contribution in [0.15, 0.2) is 112 Å². The second-order valence-electron chi connectivity index (χ2n) is 8.24. The highest BCUT2D eigenvalue weighted by atomic mass is 35.5. The predicted octanol–water partition coefficient (Wildman–Crippen LogP) is 7.82. The van der Waals surface area contributed by atoms with Gasteiger partial charge in [0.2, 0.25) is 5.13 Å². The lowest BCUT2D eigenvalue weighted by molar-refractivity contribution is 0.413. The summed E-state index contributed by atoms with van der Waals surface area (Å²) in [5.74, 6) is 1.76. The van der Waals surface area contributed by atoms with E-state index in [1.807, 2.05) is 60.0 Å². The number of thiazole rings is 1. The van der Waals surface area contributed by atoms with E-state index >= 15 is 0 Å². The van der Waals surface area contributed by atoms with Crippen LogP contribution in [-0.4, -0.2) is 26.7 Å². The third-order valence-electron chi connectivity index (χ3n) is 5.52. The SMILES string of the molecule is COc1cc(S(=O)(=O)Nc2ccc(-c3csc(/N=C\c4cccc(Oc5ccccc5)c4)n3)cc2)ccc1Cl. The number of aromatic nitrogens is 1. The molecule has 10 heteroatoms. The molecule has 4 aromatic carbocycles. The summed E-state index contributed by atoms with van der Waals surface area (Å²) < 4.78 is 39.2. The van der Waals surface area contributed by atoms with Crippen LogP contribution in [0, 0.1) is 0 Å². The van der Waals surface area contributed by atoms with Gasteiger partial charge in [-0.3, -0.25) is 4.72 Å². The van der Waals surface area contributed by atoms with E-state index in [1.165, 1.54) is 36.6 Å². The quantitative estimate of drug-likeness (QED) is 0.181. The third-order valence-corrected chi connectivity index (χ3v) is 7.96. The molecule has 0 amide bonds. The van der Waals surface area contributed by atoms with Crippen molar-refractivity contribution in [1.29, 1.82) is 0 Å². The molecule has 7 nitrogen and oxygen atoms in total. The summed E-state index contributed by atoms with van der Waals surface area (Å²) in [6.07, 6.45) is 1.74. The van der Waals surface area contributed by atoms with Gasteiger partial charge in [0.25, 0.3) is 10.0 Å². The number of aliphatic imine (C=N–C) groups is 1. The first-order chi connectivity index (χ1) is 18.9. The Kier molecular flexibility index (Phi) is 7.92. The van der Waals surface area contributed by atoms with E-state index in [9.17, 15) is 8.42 Å². The van der Waals surface area contributed by atoms with Gasteiger partial charge in [-0.05, 0) is 54.1 Å². The number of methoxy groups -OCH3 is 1. The summed E-state index contributed by atoms with van der Waals surface area (Å²) in [5, 5.41) is 2.83. The molecule has 0 aliphatic carbocycles. The van der Waals surface area contributed by atoms with Crippen molar-refractivity contribution in [2.24, 2.45) is 4.99 Å². The van der Waals surface area contributed by atoms with Crippen molar-refractivity contribution in [1.82, 2.24) is 4.98 Å². The minimum atomic E-state index is -3.82. The highest BCUT2D eigenvalue weighted by Gasteiger charge is 2.17. The van der Waals surface area contributed by atoms with Gasteiger partial charge >= 0.3 is 0 Å². The largest absolute Gasteiger partial charge is 0.495 e. The maximum Gasteiger partial charge on any atom is 0.262 e. The lowest BCUT2D eigenvalue weighted by atomic mass is 10.1. The van der Waals surface area contributed by atoms with E-state index in [-0.39, 0.29) is 10.6 Å². The maximum absolute atomic E-state index is 12.8. The average molecular weight is 576 g/mol. The molecule has 0 atom stereocenters. The van der Waals surface area contributed by atoms with Crippen LogP contribution in [0.25, 0.3) is 11.3 Å². The maximum atomic E-state index is 12.8. The molecule has 1 heterocycles. The minimum Gasteiger partial charge on any atom is -0.495 e. The fraction of sp³-hybridized carbons (Fsp3) is 0.0345. The first-order valence-electron chi connectivity index (χ1n) is 11.7. The van der Waals surface area contributed by atoms with Gasteiger partial charge in [0.05, 0.1) is 22.7 Å². The van der Waals surface area contributed by atoms with Gasteiger partial charge in [-0.15, -0.1) is 11.3 Å². The van der Waals surface area contributed by atoms with Crippen LogP contribution in [0.3, 0.4) is 0 Å². The van der Waals surface area contributed by atoms with Gasteiger partial charge in [0.15, 0.2) is 0 Å². The zero-order valence-corrected chi connectivity index (χ0v) is 23.0. The molecule has 5 rings (SSSR count). The zero-order chi connectivity index (χ0) is 27.2. The number of halogens is 1. The van der Waals surface area contributed by atoms with Gasteiger partial charge in [-0.1, -0.05) is 54.1 Å². The van der Waals surface area contributed by atoms with Crippen molar-refractivity contribution >= 4 is 50.0 Å². The van der Waals surface area contributed by atoms with Crippen LogP contribution in [0.1, 0.15) is 5.56 Å². The Balaban J connectivity index is 1.25. The van der Waals surface area contributed by atoms with Crippen LogP contribution in [0.5, 0.6) is 17.2 Å².